The number of ketones is 1. The van der Waals surface area contributed by atoms with Crippen LogP contribution in [0.2, 0.25) is 0 Å². The van der Waals surface area contributed by atoms with Crippen molar-refractivity contribution in [1.82, 2.24) is 0 Å². The summed E-state index contributed by atoms with van der Waals surface area (Å²) in [6, 6.07) is 11.9. The summed E-state index contributed by atoms with van der Waals surface area (Å²) in [6.07, 6.45) is -1.76. The van der Waals surface area contributed by atoms with Gasteiger partial charge in [0.1, 0.15) is 12.8 Å². The van der Waals surface area contributed by atoms with Gasteiger partial charge in [0.25, 0.3) is 0 Å². The lowest BCUT2D eigenvalue weighted by molar-refractivity contribution is -0.147. The molecule has 0 spiro atoms. The molecular formula is C23H20N2O11S2. The van der Waals surface area contributed by atoms with Crippen molar-refractivity contribution >= 4 is 75.6 Å². The van der Waals surface area contributed by atoms with Crippen molar-refractivity contribution in [3.8, 4) is 0 Å². The highest BCUT2D eigenvalue weighted by Gasteiger charge is 2.20. The molecule has 0 unspecified atom stereocenters. The molecule has 0 fully saturated rings. The number of carboxylic acids is 2. The molecule has 0 radical (unpaired) electrons. The average Bonchev–Trinajstić information content (AvgIpc) is 2.88. The Morgan fingerprint density at radius 1 is 0.632 bits per heavy atom. The fraction of sp³-hybridized carbons (Fsp3) is 0.174. The second-order valence-corrected chi connectivity index (χ2v) is 8.66. The van der Waals surface area contributed by atoms with Crippen LogP contribution in [0, 0.1) is 0 Å². The Morgan fingerprint density at radius 3 is 1.24 bits per heavy atom. The number of anilines is 2. The maximum atomic E-state index is 12.8. The molecule has 0 heterocycles. The predicted molar refractivity (Wildman–Crippen MR) is 136 cm³/mol. The van der Waals surface area contributed by atoms with Gasteiger partial charge in [-0.05, 0) is 48.5 Å². The number of amides is 2. The number of hydrogen-bond acceptors (Lipinski definition) is 11. The largest absolute Gasteiger partial charge is 0.481 e. The number of carboxylic acid groups (broad SMARTS) is 2. The highest BCUT2D eigenvalue weighted by Crippen LogP contribution is 2.23. The predicted octanol–water partition coefficient (Wildman–Crippen LogP) is 3.36. The van der Waals surface area contributed by atoms with Crippen LogP contribution in [-0.2, 0) is 27.5 Å². The summed E-state index contributed by atoms with van der Waals surface area (Å²) in [6.45, 7) is 0. The van der Waals surface area contributed by atoms with Crippen LogP contribution in [0.15, 0.2) is 48.5 Å². The van der Waals surface area contributed by atoms with Crippen molar-refractivity contribution in [2.45, 2.75) is 12.8 Å². The third-order valence-corrected chi connectivity index (χ3v) is 5.96. The van der Waals surface area contributed by atoms with Crippen molar-refractivity contribution in [1.29, 1.82) is 0 Å². The minimum Gasteiger partial charge on any atom is -0.481 e. The van der Waals surface area contributed by atoms with E-state index in [0.717, 1.165) is 9.80 Å². The van der Waals surface area contributed by atoms with Crippen molar-refractivity contribution in [2.24, 2.45) is 0 Å². The molecule has 0 aromatic heterocycles. The Kier molecular flexibility index (Phi) is 10.8. The molecule has 200 valence electrons. The molecule has 15 heteroatoms. The van der Waals surface area contributed by atoms with Gasteiger partial charge in [0.2, 0.25) is 0 Å². The normalized spacial score (nSPS) is 10.2. The number of rotatable bonds is 8. The topological polar surface area (TPSA) is 185 Å². The zero-order chi connectivity index (χ0) is 28.4. The second-order valence-electron chi connectivity index (χ2n) is 7.29. The zero-order valence-electron chi connectivity index (χ0n) is 19.8. The maximum absolute atomic E-state index is 12.8. The van der Waals surface area contributed by atoms with E-state index in [4.69, 9.17) is 10.2 Å². The summed E-state index contributed by atoms with van der Waals surface area (Å²) in [4.78, 5) is 82.9. The van der Waals surface area contributed by atoms with Crippen LogP contribution in [0.4, 0.5) is 21.0 Å². The van der Waals surface area contributed by atoms with Crippen LogP contribution in [0.3, 0.4) is 0 Å². The molecule has 0 bridgehead atoms. The minimum atomic E-state index is -1.39. The van der Waals surface area contributed by atoms with Crippen LogP contribution in [0.25, 0.3) is 0 Å². The molecule has 0 aliphatic carbocycles. The Hall–Kier alpha value is -4.37. The Bertz CT molecular complexity index is 1150. The minimum absolute atomic E-state index is 0.179. The van der Waals surface area contributed by atoms with Crippen LogP contribution in [0.5, 0.6) is 0 Å². The van der Waals surface area contributed by atoms with Crippen molar-refractivity contribution in [3.05, 3.63) is 59.7 Å². The Morgan fingerprint density at radius 2 is 0.947 bits per heavy atom. The van der Waals surface area contributed by atoms with E-state index in [9.17, 15) is 33.6 Å². The van der Waals surface area contributed by atoms with Crippen LogP contribution in [0.1, 0.15) is 28.8 Å². The average molecular weight is 565 g/mol. The van der Waals surface area contributed by atoms with Crippen molar-refractivity contribution in [3.63, 3.8) is 0 Å². The maximum Gasteiger partial charge on any atom is 0.329 e. The number of aliphatic carboxylic acids is 2. The quantitative estimate of drug-likeness (QED) is 0.270. The summed E-state index contributed by atoms with van der Waals surface area (Å²) in [7, 11) is 2.80. The molecule has 2 aromatic carbocycles. The van der Waals surface area contributed by atoms with Gasteiger partial charge in [-0.3, -0.25) is 33.6 Å². The van der Waals surface area contributed by atoms with E-state index in [2.05, 4.69) is 8.37 Å². The molecule has 2 rings (SSSR count). The summed E-state index contributed by atoms with van der Waals surface area (Å²) in [5, 5.41) is 15.7. The molecule has 0 saturated carbocycles. The molecule has 0 aliphatic heterocycles. The monoisotopic (exact) mass is 564 g/mol. The van der Waals surface area contributed by atoms with E-state index in [1.807, 2.05) is 0 Å². The van der Waals surface area contributed by atoms with Gasteiger partial charge >= 0.3 is 34.4 Å². The number of benzene rings is 2. The van der Waals surface area contributed by atoms with Gasteiger partial charge in [-0.1, -0.05) is 0 Å². The third-order valence-electron chi connectivity index (χ3n) is 4.58. The van der Waals surface area contributed by atoms with Crippen LogP contribution in [-0.4, -0.2) is 64.4 Å². The van der Waals surface area contributed by atoms with E-state index in [-0.39, 0.29) is 29.9 Å². The molecule has 13 nitrogen and oxygen atoms in total. The summed E-state index contributed by atoms with van der Waals surface area (Å²) in [5.41, 5.74) is 1.36. The SMILES string of the molecule is CN(C(=O)SOC(=O)CC(=O)O)c1ccc(C(=O)c2ccc(N(C)C(=O)SOC(=O)CC(=O)O)cc2)cc1. The highest BCUT2D eigenvalue weighted by atomic mass is 32.2. The number of nitrogens with zero attached hydrogens (tertiary/aromatic N) is 2. The molecule has 38 heavy (non-hydrogen) atoms. The first kappa shape index (κ1) is 29.9. The third kappa shape index (κ3) is 8.94. The molecule has 2 aromatic rings. The first-order valence-corrected chi connectivity index (χ1v) is 11.9. The lowest BCUT2D eigenvalue weighted by Crippen LogP contribution is -2.23. The first-order chi connectivity index (χ1) is 17.9. The summed E-state index contributed by atoms with van der Waals surface area (Å²) < 4.78 is 9.08. The van der Waals surface area contributed by atoms with Crippen molar-refractivity contribution in [2.75, 3.05) is 23.9 Å². The molecule has 0 aliphatic rings. The van der Waals surface area contributed by atoms with E-state index in [1.165, 1.54) is 62.6 Å². The van der Waals surface area contributed by atoms with E-state index in [0.29, 0.717) is 22.5 Å². The van der Waals surface area contributed by atoms with Gasteiger partial charge in [-0.25, -0.2) is 0 Å². The highest BCUT2D eigenvalue weighted by molar-refractivity contribution is 8.10. The van der Waals surface area contributed by atoms with E-state index in [1.54, 1.807) is 0 Å². The summed E-state index contributed by atoms with van der Waals surface area (Å²) in [5.74, 6) is -5.28. The van der Waals surface area contributed by atoms with Gasteiger partial charge in [-0.2, -0.15) is 0 Å². The second kappa shape index (κ2) is 13.8. The smallest absolute Gasteiger partial charge is 0.329 e. The first-order valence-electron chi connectivity index (χ1n) is 10.4. The van der Waals surface area contributed by atoms with Crippen LogP contribution >= 0.6 is 24.1 Å². The Balaban J connectivity index is 1.97. The van der Waals surface area contributed by atoms with Crippen LogP contribution < -0.4 is 9.80 Å². The Labute approximate surface area is 224 Å². The molecule has 2 amide bonds. The molecule has 2 N–H and O–H groups in total. The fourth-order valence-electron chi connectivity index (χ4n) is 2.63. The molecular weight excluding hydrogens is 544 g/mol. The van der Waals surface area contributed by atoms with Gasteiger partial charge in [0.15, 0.2) is 29.9 Å². The standard InChI is InChI=1S/C23H20N2O11S2/c1-24(22(33)37-35-19(30)11-17(26)27)15-7-3-13(4-8-15)21(32)14-5-9-16(10-6-14)25(2)23(34)38-36-20(31)12-18(28)29/h3-10H,11-12H2,1-2H3,(H,26,27)(H,28,29). The molecule has 0 saturated heterocycles. The van der Waals surface area contributed by atoms with Crippen molar-refractivity contribution < 1.29 is 52.1 Å². The van der Waals surface area contributed by atoms with Gasteiger partial charge in [0, 0.05) is 36.6 Å². The number of hydrogen-bond donors (Lipinski definition) is 2. The fourth-order valence-corrected chi connectivity index (χ4v) is 3.51. The van der Waals surface area contributed by atoms with Gasteiger partial charge < -0.3 is 28.4 Å². The number of carbonyl (C=O) groups excluding carboxylic acids is 5. The van der Waals surface area contributed by atoms with E-state index >= 15 is 0 Å². The lowest BCUT2D eigenvalue weighted by atomic mass is 10.0. The van der Waals surface area contributed by atoms with Gasteiger partial charge in [0.05, 0.1) is 0 Å². The molecule has 0 atom stereocenters. The summed E-state index contributed by atoms with van der Waals surface area (Å²) >= 11 is 0.357. The van der Waals surface area contributed by atoms with E-state index < -0.39 is 47.2 Å². The number of carbonyl (C=O) groups is 7. The lowest BCUT2D eigenvalue weighted by Gasteiger charge is -2.17. The van der Waals surface area contributed by atoms with Gasteiger partial charge in [-0.15, -0.1) is 0 Å². The zero-order valence-corrected chi connectivity index (χ0v) is 21.4.